The van der Waals surface area contributed by atoms with Gasteiger partial charge in [0.15, 0.2) is 5.15 Å². The minimum absolute atomic E-state index is 0.157. The number of aromatic nitrogens is 3. The fraction of sp³-hybridized carbons (Fsp3) is 0.188. The average Bonchev–Trinajstić information content (AvgIpc) is 2.81. The smallest absolute Gasteiger partial charge is 0.325 e. The monoisotopic (exact) mass is 315 g/mol. The maximum atomic E-state index is 11.7. The first kappa shape index (κ1) is 14.5. The van der Waals surface area contributed by atoms with Gasteiger partial charge in [0, 0.05) is 22.2 Å². The molecule has 0 unspecified atom stereocenters. The zero-order valence-electron chi connectivity index (χ0n) is 12.2. The van der Waals surface area contributed by atoms with Crippen molar-refractivity contribution >= 4 is 28.5 Å². The Morgan fingerprint density at radius 1 is 1.23 bits per heavy atom. The SMILES string of the molecule is COC(=O)Cn1c(C)c(-c2ccc(Cl)nn2)c2ccccc21. The maximum absolute atomic E-state index is 11.7. The second-order valence-electron chi connectivity index (χ2n) is 4.88. The quantitative estimate of drug-likeness (QED) is 0.696. The van der Waals surface area contributed by atoms with Gasteiger partial charge in [0.05, 0.1) is 12.8 Å². The Hall–Kier alpha value is -2.40. The standard InChI is InChI=1S/C16H14ClN3O2/c1-10-16(12-7-8-14(17)19-18-12)11-5-3-4-6-13(11)20(10)9-15(21)22-2/h3-8H,9H2,1-2H3. The molecule has 0 saturated heterocycles. The summed E-state index contributed by atoms with van der Waals surface area (Å²) in [6.07, 6.45) is 0. The predicted octanol–water partition coefficient (Wildman–Crippen LogP) is 3.23. The number of ether oxygens (including phenoxy) is 1. The van der Waals surface area contributed by atoms with Crippen LogP contribution >= 0.6 is 11.6 Å². The van der Waals surface area contributed by atoms with Gasteiger partial charge in [-0.2, -0.15) is 0 Å². The van der Waals surface area contributed by atoms with Gasteiger partial charge in [0.2, 0.25) is 0 Å². The van der Waals surface area contributed by atoms with Crippen molar-refractivity contribution < 1.29 is 9.53 Å². The molecule has 2 heterocycles. The Labute approximate surface area is 132 Å². The summed E-state index contributed by atoms with van der Waals surface area (Å²) in [6, 6.07) is 11.4. The van der Waals surface area contributed by atoms with Crippen LogP contribution in [-0.2, 0) is 16.1 Å². The summed E-state index contributed by atoms with van der Waals surface area (Å²) in [4.78, 5) is 11.7. The second-order valence-corrected chi connectivity index (χ2v) is 5.27. The van der Waals surface area contributed by atoms with Crippen molar-refractivity contribution in [2.45, 2.75) is 13.5 Å². The van der Waals surface area contributed by atoms with Crippen LogP contribution in [0.1, 0.15) is 5.69 Å². The van der Waals surface area contributed by atoms with Gasteiger partial charge in [0.1, 0.15) is 6.54 Å². The zero-order valence-corrected chi connectivity index (χ0v) is 13.0. The summed E-state index contributed by atoms with van der Waals surface area (Å²) in [5.74, 6) is -0.294. The van der Waals surface area contributed by atoms with E-state index in [1.165, 1.54) is 7.11 Å². The number of carbonyl (C=O) groups excluding carboxylic acids is 1. The molecule has 3 aromatic rings. The van der Waals surface area contributed by atoms with Crippen molar-refractivity contribution in [1.82, 2.24) is 14.8 Å². The molecule has 0 amide bonds. The van der Waals surface area contributed by atoms with Gasteiger partial charge in [0.25, 0.3) is 0 Å². The molecular weight excluding hydrogens is 302 g/mol. The molecule has 112 valence electrons. The topological polar surface area (TPSA) is 57.0 Å². The number of fused-ring (bicyclic) bond motifs is 1. The minimum atomic E-state index is -0.294. The van der Waals surface area contributed by atoms with Crippen molar-refractivity contribution in [3.63, 3.8) is 0 Å². The molecule has 3 rings (SSSR count). The first-order chi connectivity index (χ1) is 10.6. The number of benzene rings is 1. The normalized spacial score (nSPS) is 10.9. The lowest BCUT2D eigenvalue weighted by Gasteiger charge is -2.07. The minimum Gasteiger partial charge on any atom is -0.468 e. The Bertz CT molecular complexity index is 840. The van der Waals surface area contributed by atoms with E-state index in [-0.39, 0.29) is 12.5 Å². The molecule has 0 aliphatic carbocycles. The number of hydrogen-bond donors (Lipinski definition) is 0. The van der Waals surface area contributed by atoms with Crippen molar-refractivity contribution in [2.24, 2.45) is 0 Å². The first-order valence-electron chi connectivity index (χ1n) is 6.76. The second kappa shape index (κ2) is 5.77. The highest BCUT2D eigenvalue weighted by atomic mass is 35.5. The van der Waals surface area contributed by atoms with Crippen LogP contribution in [0.5, 0.6) is 0 Å². The Kier molecular flexibility index (Phi) is 3.81. The van der Waals surface area contributed by atoms with Gasteiger partial charge in [-0.25, -0.2) is 0 Å². The molecule has 0 radical (unpaired) electrons. The van der Waals surface area contributed by atoms with Crippen LogP contribution < -0.4 is 0 Å². The Morgan fingerprint density at radius 2 is 2.00 bits per heavy atom. The number of halogens is 1. The molecule has 6 heteroatoms. The van der Waals surface area contributed by atoms with Crippen LogP contribution in [0.3, 0.4) is 0 Å². The van der Waals surface area contributed by atoms with Crippen molar-refractivity contribution in [2.75, 3.05) is 7.11 Å². The van der Waals surface area contributed by atoms with Gasteiger partial charge in [-0.15, -0.1) is 10.2 Å². The highest BCUT2D eigenvalue weighted by Crippen LogP contribution is 2.33. The van der Waals surface area contributed by atoms with E-state index in [1.807, 2.05) is 41.8 Å². The number of esters is 1. The number of carbonyl (C=O) groups is 1. The molecular formula is C16H14ClN3O2. The molecule has 0 fully saturated rings. The fourth-order valence-electron chi connectivity index (χ4n) is 2.60. The number of nitrogens with zero attached hydrogens (tertiary/aromatic N) is 3. The lowest BCUT2D eigenvalue weighted by Crippen LogP contribution is -2.12. The summed E-state index contributed by atoms with van der Waals surface area (Å²) < 4.78 is 6.71. The summed E-state index contributed by atoms with van der Waals surface area (Å²) in [7, 11) is 1.38. The van der Waals surface area contributed by atoms with E-state index in [4.69, 9.17) is 16.3 Å². The third kappa shape index (κ3) is 2.44. The largest absolute Gasteiger partial charge is 0.468 e. The Morgan fingerprint density at radius 3 is 2.68 bits per heavy atom. The van der Waals surface area contributed by atoms with Crippen LogP contribution in [0.4, 0.5) is 0 Å². The van der Waals surface area contributed by atoms with Crippen molar-refractivity contribution in [1.29, 1.82) is 0 Å². The van der Waals surface area contributed by atoms with E-state index < -0.39 is 0 Å². The summed E-state index contributed by atoms with van der Waals surface area (Å²) in [6.45, 7) is 2.11. The molecule has 0 saturated carbocycles. The maximum Gasteiger partial charge on any atom is 0.325 e. The van der Waals surface area contributed by atoms with E-state index in [0.717, 1.165) is 27.9 Å². The molecule has 0 aliphatic rings. The molecule has 0 N–H and O–H groups in total. The first-order valence-corrected chi connectivity index (χ1v) is 7.14. The van der Waals surface area contributed by atoms with Crippen LogP contribution in [0.2, 0.25) is 5.15 Å². The lowest BCUT2D eigenvalue weighted by molar-refractivity contribution is -0.141. The third-order valence-electron chi connectivity index (χ3n) is 3.63. The number of rotatable bonds is 3. The summed E-state index contributed by atoms with van der Waals surface area (Å²) >= 11 is 5.81. The lowest BCUT2D eigenvalue weighted by atomic mass is 10.1. The van der Waals surface area contributed by atoms with Crippen LogP contribution in [0, 0.1) is 6.92 Å². The van der Waals surface area contributed by atoms with E-state index in [9.17, 15) is 4.79 Å². The van der Waals surface area contributed by atoms with E-state index in [1.54, 1.807) is 6.07 Å². The molecule has 22 heavy (non-hydrogen) atoms. The van der Waals surface area contributed by atoms with Gasteiger partial charge in [-0.3, -0.25) is 4.79 Å². The predicted molar refractivity (Wildman–Crippen MR) is 84.7 cm³/mol. The summed E-state index contributed by atoms with van der Waals surface area (Å²) in [5.41, 5.74) is 3.56. The van der Waals surface area contributed by atoms with E-state index in [0.29, 0.717) is 5.15 Å². The number of hydrogen-bond acceptors (Lipinski definition) is 4. The third-order valence-corrected chi connectivity index (χ3v) is 3.84. The van der Waals surface area contributed by atoms with Gasteiger partial charge >= 0.3 is 5.97 Å². The molecule has 1 aromatic carbocycles. The van der Waals surface area contributed by atoms with Crippen molar-refractivity contribution in [3.05, 3.63) is 47.2 Å². The fourth-order valence-corrected chi connectivity index (χ4v) is 2.70. The average molecular weight is 316 g/mol. The summed E-state index contributed by atoms with van der Waals surface area (Å²) in [5, 5.41) is 9.43. The van der Waals surface area contributed by atoms with E-state index >= 15 is 0 Å². The zero-order chi connectivity index (χ0) is 15.7. The van der Waals surface area contributed by atoms with E-state index in [2.05, 4.69) is 10.2 Å². The highest BCUT2D eigenvalue weighted by Gasteiger charge is 2.18. The van der Waals surface area contributed by atoms with Gasteiger partial charge < -0.3 is 9.30 Å². The van der Waals surface area contributed by atoms with Crippen LogP contribution in [-0.4, -0.2) is 27.8 Å². The number of methoxy groups -OCH3 is 1. The highest BCUT2D eigenvalue weighted by molar-refractivity contribution is 6.29. The molecule has 0 atom stereocenters. The molecule has 0 bridgehead atoms. The molecule has 0 aliphatic heterocycles. The molecule has 5 nitrogen and oxygen atoms in total. The van der Waals surface area contributed by atoms with Crippen LogP contribution in [0.25, 0.3) is 22.2 Å². The molecule has 0 spiro atoms. The van der Waals surface area contributed by atoms with Gasteiger partial charge in [-0.1, -0.05) is 29.8 Å². The number of para-hydroxylation sites is 1. The van der Waals surface area contributed by atoms with Crippen LogP contribution in [0.15, 0.2) is 36.4 Å². The van der Waals surface area contributed by atoms with Crippen molar-refractivity contribution in [3.8, 4) is 11.3 Å². The molecule has 2 aromatic heterocycles. The Balaban J connectivity index is 2.24. The van der Waals surface area contributed by atoms with Gasteiger partial charge in [-0.05, 0) is 25.1 Å².